The summed E-state index contributed by atoms with van der Waals surface area (Å²) in [6, 6.07) is 4.72. The lowest BCUT2D eigenvalue weighted by Crippen LogP contribution is -2.58. The topological polar surface area (TPSA) is 44.4 Å². The number of nitrogens with zero attached hydrogens (tertiary/aromatic N) is 1. The second kappa shape index (κ2) is 5.89. The third kappa shape index (κ3) is 3.16. The van der Waals surface area contributed by atoms with Gasteiger partial charge in [-0.1, -0.05) is 6.07 Å². The number of hydrogen-bond acceptors (Lipinski definition) is 3. The smallest absolute Gasteiger partial charge is 0.244 e. The van der Waals surface area contributed by atoms with E-state index in [2.05, 4.69) is 15.5 Å². The minimum atomic E-state index is -0.654. The van der Waals surface area contributed by atoms with Gasteiger partial charge in [0.15, 0.2) is 0 Å². The molecule has 0 bridgehead atoms. The van der Waals surface area contributed by atoms with E-state index >= 15 is 0 Å². The van der Waals surface area contributed by atoms with E-state index in [9.17, 15) is 9.18 Å². The number of halogens is 1. The molecule has 1 heterocycles. The Balaban J connectivity index is 2.11. The maximum atomic E-state index is 13.7. The summed E-state index contributed by atoms with van der Waals surface area (Å²) in [4.78, 5) is 14.6. The molecule has 0 atom stereocenters. The summed E-state index contributed by atoms with van der Waals surface area (Å²) >= 11 is 0. The molecule has 1 saturated heterocycles. The van der Waals surface area contributed by atoms with Crippen LogP contribution in [-0.2, 0) is 4.79 Å². The first-order valence-electron chi connectivity index (χ1n) is 6.94. The number of amides is 1. The van der Waals surface area contributed by atoms with Crippen LogP contribution in [0, 0.1) is 12.7 Å². The molecular formula is C15H22FN3O. The van der Waals surface area contributed by atoms with Gasteiger partial charge in [0.2, 0.25) is 5.91 Å². The first-order chi connectivity index (χ1) is 9.41. The Morgan fingerprint density at radius 3 is 2.65 bits per heavy atom. The Morgan fingerprint density at radius 2 is 2.00 bits per heavy atom. The van der Waals surface area contributed by atoms with Crippen molar-refractivity contribution in [1.29, 1.82) is 0 Å². The van der Waals surface area contributed by atoms with Crippen molar-refractivity contribution in [2.24, 2.45) is 0 Å². The van der Waals surface area contributed by atoms with Crippen LogP contribution in [0.2, 0.25) is 0 Å². The van der Waals surface area contributed by atoms with Crippen molar-refractivity contribution >= 4 is 11.6 Å². The average Bonchev–Trinajstić information content (AvgIpc) is 2.43. The van der Waals surface area contributed by atoms with Crippen LogP contribution in [-0.4, -0.2) is 42.5 Å². The molecule has 4 nitrogen and oxygen atoms in total. The highest BCUT2D eigenvalue weighted by molar-refractivity contribution is 5.97. The van der Waals surface area contributed by atoms with E-state index in [4.69, 9.17) is 0 Å². The summed E-state index contributed by atoms with van der Waals surface area (Å²) in [7, 11) is 0. The van der Waals surface area contributed by atoms with Crippen LogP contribution in [0.4, 0.5) is 10.1 Å². The Bertz CT molecular complexity index is 496. The van der Waals surface area contributed by atoms with Gasteiger partial charge in [-0.2, -0.15) is 0 Å². The first-order valence-corrected chi connectivity index (χ1v) is 6.94. The van der Waals surface area contributed by atoms with Crippen LogP contribution in [0.25, 0.3) is 0 Å². The summed E-state index contributed by atoms with van der Waals surface area (Å²) in [5.41, 5.74) is 0.512. The summed E-state index contributed by atoms with van der Waals surface area (Å²) in [5.74, 6) is -0.580. The molecule has 1 aromatic rings. The molecule has 20 heavy (non-hydrogen) atoms. The number of aryl methyl sites for hydroxylation is 1. The predicted octanol–water partition coefficient (Wildman–Crippen LogP) is 1.76. The van der Waals surface area contributed by atoms with E-state index in [1.54, 1.807) is 12.1 Å². The van der Waals surface area contributed by atoms with Gasteiger partial charge in [0.25, 0.3) is 0 Å². The second-order valence-electron chi connectivity index (χ2n) is 5.73. The zero-order valence-corrected chi connectivity index (χ0v) is 12.3. The Labute approximate surface area is 119 Å². The highest BCUT2D eigenvalue weighted by Crippen LogP contribution is 2.21. The van der Waals surface area contributed by atoms with Crippen molar-refractivity contribution in [2.45, 2.75) is 26.3 Å². The molecule has 0 spiro atoms. The fraction of sp³-hybridized carbons (Fsp3) is 0.533. The van der Waals surface area contributed by atoms with E-state index in [1.807, 2.05) is 20.8 Å². The molecule has 0 unspecified atom stereocenters. The van der Waals surface area contributed by atoms with Gasteiger partial charge in [-0.3, -0.25) is 9.69 Å². The largest absolute Gasteiger partial charge is 0.322 e. The van der Waals surface area contributed by atoms with Gasteiger partial charge < -0.3 is 10.6 Å². The van der Waals surface area contributed by atoms with Crippen LogP contribution < -0.4 is 10.6 Å². The number of carbonyl (C=O) groups excluding carboxylic acids is 1. The van der Waals surface area contributed by atoms with Gasteiger partial charge in [0.1, 0.15) is 5.82 Å². The molecule has 0 radical (unpaired) electrons. The lowest BCUT2D eigenvalue weighted by Gasteiger charge is -2.39. The molecule has 0 aromatic heterocycles. The summed E-state index contributed by atoms with van der Waals surface area (Å²) in [6.45, 7) is 9.00. The fourth-order valence-corrected chi connectivity index (χ4v) is 2.38. The maximum absolute atomic E-state index is 13.7. The van der Waals surface area contributed by atoms with E-state index < -0.39 is 11.4 Å². The summed E-state index contributed by atoms with van der Waals surface area (Å²) in [6.07, 6.45) is 0. The number of anilines is 1. The highest BCUT2D eigenvalue weighted by atomic mass is 19.1. The zero-order chi connectivity index (χ0) is 14.8. The normalized spacial score (nSPS) is 17.0. The number of hydrogen-bond donors (Lipinski definition) is 2. The molecule has 2 rings (SSSR count). The third-order valence-electron chi connectivity index (χ3n) is 3.83. The molecule has 2 N–H and O–H groups in total. The van der Waals surface area contributed by atoms with Crippen LogP contribution in [0.5, 0.6) is 0 Å². The summed E-state index contributed by atoms with van der Waals surface area (Å²) in [5, 5.41) is 5.97. The van der Waals surface area contributed by atoms with Crippen LogP contribution in [0.1, 0.15) is 19.4 Å². The predicted molar refractivity (Wildman–Crippen MR) is 78.3 cm³/mol. The maximum Gasteiger partial charge on any atom is 0.244 e. The van der Waals surface area contributed by atoms with Crippen LogP contribution >= 0.6 is 0 Å². The van der Waals surface area contributed by atoms with Gasteiger partial charge >= 0.3 is 0 Å². The minimum Gasteiger partial charge on any atom is -0.322 e. The number of benzene rings is 1. The molecule has 0 saturated carbocycles. The molecular weight excluding hydrogens is 257 g/mol. The Kier molecular flexibility index (Phi) is 4.40. The molecule has 1 aliphatic rings. The molecule has 1 aliphatic heterocycles. The van der Waals surface area contributed by atoms with E-state index in [1.165, 1.54) is 6.07 Å². The zero-order valence-electron chi connectivity index (χ0n) is 12.3. The van der Waals surface area contributed by atoms with Gasteiger partial charge in [-0.05, 0) is 38.5 Å². The number of rotatable bonds is 3. The molecule has 110 valence electrons. The summed E-state index contributed by atoms with van der Waals surface area (Å²) < 4.78 is 13.7. The number of carbonyl (C=O) groups is 1. The fourth-order valence-electron chi connectivity index (χ4n) is 2.38. The van der Waals surface area contributed by atoms with Crippen molar-refractivity contribution in [2.75, 3.05) is 31.5 Å². The molecule has 1 fully saturated rings. The Hall–Kier alpha value is -1.46. The van der Waals surface area contributed by atoms with Gasteiger partial charge in [-0.15, -0.1) is 0 Å². The number of nitrogens with one attached hydrogen (secondary N) is 2. The van der Waals surface area contributed by atoms with Crippen molar-refractivity contribution in [3.05, 3.63) is 29.6 Å². The Morgan fingerprint density at radius 1 is 1.35 bits per heavy atom. The lowest BCUT2D eigenvalue weighted by atomic mass is 10.00. The van der Waals surface area contributed by atoms with Crippen LogP contribution in [0.3, 0.4) is 0 Å². The molecule has 1 aromatic carbocycles. The molecule has 5 heteroatoms. The quantitative estimate of drug-likeness (QED) is 0.886. The number of piperazine rings is 1. The minimum absolute atomic E-state index is 0.177. The molecule has 1 amide bonds. The van der Waals surface area contributed by atoms with E-state index in [-0.39, 0.29) is 11.6 Å². The van der Waals surface area contributed by atoms with E-state index in [0.29, 0.717) is 0 Å². The van der Waals surface area contributed by atoms with Crippen molar-refractivity contribution in [3.63, 3.8) is 0 Å². The highest BCUT2D eigenvalue weighted by Gasteiger charge is 2.35. The average molecular weight is 279 g/mol. The first kappa shape index (κ1) is 14.9. The van der Waals surface area contributed by atoms with Crippen molar-refractivity contribution in [3.8, 4) is 0 Å². The van der Waals surface area contributed by atoms with Gasteiger partial charge in [0.05, 0.1) is 11.2 Å². The SMILES string of the molecule is Cc1ccc(F)c(NC(=O)C(C)(C)N2CCNCC2)c1. The monoisotopic (exact) mass is 279 g/mol. The standard InChI is InChI=1S/C15H22FN3O/c1-11-4-5-12(16)13(10-11)18-14(20)15(2,3)19-8-6-17-7-9-19/h4-5,10,17H,6-9H2,1-3H3,(H,18,20). The van der Waals surface area contributed by atoms with Gasteiger partial charge in [-0.25, -0.2) is 4.39 Å². The van der Waals surface area contributed by atoms with Gasteiger partial charge in [0, 0.05) is 26.2 Å². The molecule has 0 aliphatic carbocycles. The third-order valence-corrected chi connectivity index (χ3v) is 3.83. The lowest BCUT2D eigenvalue weighted by molar-refractivity contribution is -0.126. The van der Waals surface area contributed by atoms with Crippen molar-refractivity contribution in [1.82, 2.24) is 10.2 Å². The van der Waals surface area contributed by atoms with E-state index in [0.717, 1.165) is 31.7 Å². The van der Waals surface area contributed by atoms with Crippen LogP contribution in [0.15, 0.2) is 18.2 Å². The van der Waals surface area contributed by atoms with Crippen molar-refractivity contribution < 1.29 is 9.18 Å². The second-order valence-corrected chi connectivity index (χ2v) is 5.73.